The average molecular weight is 240 g/mol. The third kappa shape index (κ3) is 4.10. The number of thioether (sulfide) groups is 1. The summed E-state index contributed by atoms with van der Waals surface area (Å²) in [6, 6.07) is 6.51. The van der Waals surface area contributed by atoms with Crippen molar-refractivity contribution in [3.05, 3.63) is 34.4 Å². The first-order chi connectivity index (χ1) is 7.63. The normalized spacial score (nSPS) is 12.1. The van der Waals surface area contributed by atoms with Crippen LogP contribution in [0.2, 0.25) is 0 Å². The minimum absolute atomic E-state index is 0.128. The number of nitro benzene ring substituents is 1. The van der Waals surface area contributed by atoms with Crippen molar-refractivity contribution in [1.82, 2.24) is 0 Å². The minimum Gasteiger partial charge on any atom is -0.385 e. The van der Waals surface area contributed by atoms with Gasteiger partial charge in [0.2, 0.25) is 0 Å². The number of nitrogens with one attached hydrogen (secondary N) is 1. The van der Waals surface area contributed by atoms with Crippen LogP contribution in [-0.4, -0.2) is 23.5 Å². The molecule has 0 heterocycles. The standard InChI is InChI=1S/C11H16N2O2S/c1-9(8-16-2)7-12-10-3-5-11(6-4-10)13(14)15/h3-6,9,12H,7-8H2,1-2H3. The highest BCUT2D eigenvalue weighted by molar-refractivity contribution is 7.98. The molecule has 1 atom stereocenters. The lowest BCUT2D eigenvalue weighted by molar-refractivity contribution is -0.384. The second kappa shape index (κ2) is 6.37. The quantitative estimate of drug-likeness (QED) is 0.613. The van der Waals surface area contributed by atoms with E-state index in [1.165, 1.54) is 12.1 Å². The lowest BCUT2D eigenvalue weighted by Crippen LogP contribution is -2.13. The number of benzene rings is 1. The zero-order chi connectivity index (χ0) is 12.0. The third-order valence-corrected chi connectivity index (χ3v) is 3.09. The summed E-state index contributed by atoms with van der Waals surface area (Å²) in [6.07, 6.45) is 2.09. The van der Waals surface area contributed by atoms with Gasteiger partial charge in [0.1, 0.15) is 0 Å². The molecule has 0 fully saturated rings. The van der Waals surface area contributed by atoms with E-state index in [0.29, 0.717) is 5.92 Å². The zero-order valence-electron chi connectivity index (χ0n) is 9.47. The number of nitro groups is 1. The molecule has 4 nitrogen and oxygen atoms in total. The van der Waals surface area contributed by atoms with Crippen LogP contribution in [0.3, 0.4) is 0 Å². The fraction of sp³-hybridized carbons (Fsp3) is 0.455. The van der Waals surface area contributed by atoms with Crippen LogP contribution in [0.15, 0.2) is 24.3 Å². The van der Waals surface area contributed by atoms with Crippen molar-refractivity contribution in [2.24, 2.45) is 5.92 Å². The SMILES string of the molecule is CSCC(C)CNc1ccc([N+](=O)[O-])cc1. The molecule has 16 heavy (non-hydrogen) atoms. The number of anilines is 1. The topological polar surface area (TPSA) is 55.2 Å². The van der Waals surface area contributed by atoms with E-state index in [1.807, 2.05) is 11.8 Å². The highest BCUT2D eigenvalue weighted by Gasteiger charge is 2.04. The van der Waals surface area contributed by atoms with Crippen LogP contribution in [0, 0.1) is 16.0 Å². The Balaban J connectivity index is 2.46. The van der Waals surface area contributed by atoms with Gasteiger partial charge in [-0.3, -0.25) is 10.1 Å². The van der Waals surface area contributed by atoms with Crippen LogP contribution in [0.1, 0.15) is 6.92 Å². The molecule has 0 saturated carbocycles. The van der Waals surface area contributed by atoms with E-state index >= 15 is 0 Å². The van der Waals surface area contributed by atoms with Crippen molar-refractivity contribution in [2.45, 2.75) is 6.92 Å². The van der Waals surface area contributed by atoms with Gasteiger partial charge in [0.25, 0.3) is 5.69 Å². The highest BCUT2D eigenvalue weighted by Crippen LogP contribution is 2.16. The Morgan fingerprint density at radius 2 is 2.06 bits per heavy atom. The van der Waals surface area contributed by atoms with Crippen molar-refractivity contribution >= 4 is 23.1 Å². The molecule has 0 aliphatic rings. The van der Waals surface area contributed by atoms with E-state index in [0.717, 1.165) is 18.0 Å². The van der Waals surface area contributed by atoms with Crippen LogP contribution < -0.4 is 5.32 Å². The molecule has 0 bridgehead atoms. The maximum absolute atomic E-state index is 10.4. The van der Waals surface area contributed by atoms with E-state index in [9.17, 15) is 10.1 Å². The summed E-state index contributed by atoms with van der Waals surface area (Å²) in [4.78, 5) is 10.1. The second-order valence-electron chi connectivity index (χ2n) is 3.75. The Morgan fingerprint density at radius 1 is 1.44 bits per heavy atom. The fourth-order valence-corrected chi connectivity index (χ4v) is 2.02. The van der Waals surface area contributed by atoms with Crippen molar-refractivity contribution in [2.75, 3.05) is 23.9 Å². The summed E-state index contributed by atoms with van der Waals surface area (Å²) < 4.78 is 0. The summed E-state index contributed by atoms with van der Waals surface area (Å²) in [7, 11) is 0. The van der Waals surface area contributed by atoms with Gasteiger partial charge in [0, 0.05) is 24.4 Å². The summed E-state index contributed by atoms with van der Waals surface area (Å²) in [5.41, 5.74) is 1.06. The van der Waals surface area contributed by atoms with Crippen LogP contribution in [0.5, 0.6) is 0 Å². The minimum atomic E-state index is -0.389. The van der Waals surface area contributed by atoms with Gasteiger partial charge in [-0.2, -0.15) is 11.8 Å². The van der Waals surface area contributed by atoms with Gasteiger partial charge in [0.05, 0.1) is 4.92 Å². The number of rotatable bonds is 6. The van der Waals surface area contributed by atoms with Gasteiger partial charge < -0.3 is 5.32 Å². The maximum Gasteiger partial charge on any atom is 0.269 e. The molecule has 1 unspecified atom stereocenters. The summed E-state index contributed by atoms with van der Waals surface area (Å²) in [6.45, 7) is 3.06. The van der Waals surface area contributed by atoms with Gasteiger partial charge in [-0.25, -0.2) is 0 Å². The lowest BCUT2D eigenvalue weighted by atomic mass is 10.2. The average Bonchev–Trinajstić information content (AvgIpc) is 2.27. The highest BCUT2D eigenvalue weighted by atomic mass is 32.2. The molecule has 0 aliphatic carbocycles. The number of non-ortho nitro benzene ring substituents is 1. The van der Waals surface area contributed by atoms with E-state index < -0.39 is 0 Å². The first kappa shape index (κ1) is 12.8. The summed E-state index contributed by atoms with van der Waals surface area (Å²) >= 11 is 1.82. The van der Waals surface area contributed by atoms with Crippen LogP contribution in [-0.2, 0) is 0 Å². The van der Waals surface area contributed by atoms with Crippen molar-refractivity contribution in [1.29, 1.82) is 0 Å². The first-order valence-corrected chi connectivity index (χ1v) is 6.50. The molecule has 1 rings (SSSR count). The molecule has 1 aromatic rings. The maximum atomic E-state index is 10.4. The Kier molecular flexibility index (Phi) is 5.11. The molecule has 1 aromatic carbocycles. The molecule has 0 aromatic heterocycles. The predicted molar refractivity (Wildman–Crippen MR) is 69.1 cm³/mol. The van der Waals surface area contributed by atoms with E-state index in [4.69, 9.17) is 0 Å². The molecule has 0 amide bonds. The molecule has 0 spiro atoms. The van der Waals surface area contributed by atoms with E-state index in [2.05, 4.69) is 18.5 Å². The van der Waals surface area contributed by atoms with Gasteiger partial charge in [0.15, 0.2) is 0 Å². The largest absolute Gasteiger partial charge is 0.385 e. The molecule has 0 radical (unpaired) electrons. The Morgan fingerprint density at radius 3 is 2.56 bits per heavy atom. The molecule has 5 heteroatoms. The predicted octanol–water partition coefficient (Wildman–Crippen LogP) is 3.01. The number of hydrogen-bond donors (Lipinski definition) is 1. The second-order valence-corrected chi connectivity index (χ2v) is 4.66. The Bertz CT molecular complexity index is 340. The van der Waals surface area contributed by atoms with Crippen LogP contribution >= 0.6 is 11.8 Å². The molecular weight excluding hydrogens is 224 g/mol. The Labute approximate surface area is 99.6 Å². The molecule has 1 N–H and O–H groups in total. The van der Waals surface area contributed by atoms with Crippen molar-refractivity contribution < 1.29 is 4.92 Å². The number of nitrogens with zero attached hydrogens (tertiary/aromatic N) is 1. The molecule has 0 aliphatic heterocycles. The van der Waals surface area contributed by atoms with Crippen molar-refractivity contribution in [3.8, 4) is 0 Å². The van der Waals surface area contributed by atoms with Gasteiger partial charge in [-0.15, -0.1) is 0 Å². The van der Waals surface area contributed by atoms with Gasteiger partial charge in [-0.05, 0) is 30.1 Å². The summed E-state index contributed by atoms with van der Waals surface area (Å²) in [5.74, 6) is 1.70. The fourth-order valence-electron chi connectivity index (χ4n) is 1.34. The lowest BCUT2D eigenvalue weighted by Gasteiger charge is -2.11. The number of hydrogen-bond acceptors (Lipinski definition) is 4. The zero-order valence-corrected chi connectivity index (χ0v) is 10.3. The van der Waals surface area contributed by atoms with E-state index in [-0.39, 0.29) is 10.6 Å². The first-order valence-electron chi connectivity index (χ1n) is 5.10. The summed E-state index contributed by atoms with van der Waals surface area (Å²) in [5, 5.41) is 13.7. The van der Waals surface area contributed by atoms with Crippen LogP contribution in [0.25, 0.3) is 0 Å². The third-order valence-electron chi connectivity index (χ3n) is 2.18. The molecular formula is C11H16N2O2S. The van der Waals surface area contributed by atoms with Gasteiger partial charge >= 0.3 is 0 Å². The molecule has 88 valence electrons. The van der Waals surface area contributed by atoms with E-state index in [1.54, 1.807) is 12.1 Å². The van der Waals surface area contributed by atoms with Crippen molar-refractivity contribution in [3.63, 3.8) is 0 Å². The monoisotopic (exact) mass is 240 g/mol. The smallest absolute Gasteiger partial charge is 0.269 e. The van der Waals surface area contributed by atoms with Gasteiger partial charge in [-0.1, -0.05) is 6.92 Å². The molecule has 0 saturated heterocycles. The van der Waals surface area contributed by atoms with Crippen LogP contribution in [0.4, 0.5) is 11.4 Å². The Hall–Kier alpha value is -1.23.